The molecule has 2 heterocycles. The summed E-state index contributed by atoms with van der Waals surface area (Å²) in [7, 11) is 1.69. The first-order valence-electron chi connectivity index (χ1n) is 10.1. The first kappa shape index (κ1) is 19.4. The number of rotatable bonds is 5. The maximum Gasteiger partial charge on any atom is 0.343 e. The van der Waals surface area contributed by atoms with Gasteiger partial charge in [-0.1, -0.05) is 32.1 Å². The Morgan fingerprint density at radius 2 is 2.03 bits per heavy atom. The molecule has 1 fully saturated rings. The molecular weight excluding hydrogens is 373 g/mol. The van der Waals surface area contributed by atoms with E-state index >= 15 is 0 Å². The zero-order valence-electron chi connectivity index (χ0n) is 16.4. The fraction of sp³-hybridized carbons (Fsp3) is 0.409. The Morgan fingerprint density at radius 3 is 2.76 bits per heavy atom. The average Bonchev–Trinajstić information content (AvgIpc) is 2.71. The van der Waals surface area contributed by atoms with Gasteiger partial charge in [-0.2, -0.15) is 0 Å². The molecular formula is C22H24FN3O3. The fourth-order valence-corrected chi connectivity index (χ4v) is 4.35. The predicted octanol–water partition coefficient (Wildman–Crippen LogP) is 4.31. The highest BCUT2D eigenvalue weighted by molar-refractivity contribution is 6.00. The standard InChI is InChI=1S/C22H24FN3O3/c1-26-20-16(12-14-11-15(23)7-8-17(14)25-20)19(27)18(22(28)29)21(26)24-10-9-13-5-3-2-4-6-13/h7-8,11-13,24H,2-6,9-10H2,1H3,(H,28,29). The van der Waals surface area contributed by atoms with Crippen LogP contribution in [-0.2, 0) is 7.05 Å². The number of benzene rings is 1. The fourth-order valence-electron chi connectivity index (χ4n) is 4.35. The van der Waals surface area contributed by atoms with Crippen LogP contribution in [0.5, 0.6) is 0 Å². The number of anilines is 1. The molecule has 0 bridgehead atoms. The lowest BCUT2D eigenvalue weighted by molar-refractivity contribution is 0.0696. The lowest BCUT2D eigenvalue weighted by atomic mass is 9.87. The van der Waals surface area contributed by atoms with E-state index in [-0.39, 0.29) is 16.8 Å². The van der Waals surface area contributed by atoms with E-state index in [9.17, 15) is 19.1 Å². The Hall–Kier alpha value is -2.96. The molecule has 1 aromatic carbocycles. The van der Waals surface area contributed by atoms with Crippen LogP contribution in [0.25, 0.3) is 21.9 Å². The predicted molar refractivity (Wildman–Crippen MR) is 111 cm³/mol. The maximum atomic E-state index is 13.6. The van der Waals surface area contributed by atoms with Gasteiger partial charge in [0, 0.05) is 19.0 Å². The summed E-state index contributed by atoms with van der Waals surface area (Å²) in [4.78, 5) is 29.4. The number of nitrogens with one attached hydrogen (secondary N) is 1. The third-order valence-electron chi connectivity index (χ3n) is 5.90. The lowest BCUT2D eigenvalue weighted by Gasteiger charge is -2.22. The van der Waals surface area contributed by atoms with Crippen LogP contribution in [0.4, 0.5) is 10.2 Å². The molecule has 29 heavy (non-hydrogen) atoms. The van der Waals surface area contributed by atoms with Crippen LogP contribution < -0.4 is 10.7 Å². The molecule has 0 atom stereocenters. The molecule has 2 aromatic heterocycles. The van der Waals surface area contributed by atoms with E-state index < -0.39 is 17.2 Å². The zero-order valence-corrected chi connectivity index (χ0v) is 16.4. The van der Waals surface area contributed by atoms with Gasteiger partial charge in [-0.25, -0.2) is 14.2 Å². The van der Waals surface area contributed by atoms with Crippen molar-refractivity contribution in [3.63, 3.8) is 0 Å². The average molecular weight is 397 g/mol. The number of halogens is 1. The van der Waals surface area contributed by atoms with E-state index in [1.54, 1.807) is 17.7 Å². The van der Waals surface area contributed by atoms with Gasteiger partial charge in [0.2, 0.25) is 5.43 Å². The van der Waals surface area contributed by atoms with E-state index in [1.165, 1.54) is 50.3 Å². The third kappa shape index (κ3) is 3.69. The van der Waals surface area contributed by atoms with E-state index in [4.69, 9.17) is 0 Å². The van der Waals surface area contributed by atoms with Crippen LogP contribution in [0.15, 0.2) is 29.1 Å². The third-order valence-corrected chi connectivity index (χ3v) is 5.90. The number of hydrogen-bond donors (Lipinski definition) is 2. The quantitative estimate of drug-likeness (QED) is 0.627. The molecule has 0 unspecified atom stereocenters. The van der Waals surface area contributed by atoms with Gasteiger partial charge in [0.25, 0.3) is 0 Å². The molecule has 0 saturated heterocycles. The monoisotopic (exact) mass is 397 g/mol. The van der Waals surface area contributed by atoms with E-state index in [0.29, 0.717) is 29.0 Å². The van der Waals surface area contributed by atoms with Gasteiger partial charge >= 0.3 is 5.97 Å². The molecule has 3 aromatic rings. The van der Waals surface area contributed by atoms with Crippen LogP contribution in [0.1, 0.15) is 48.9 Å². The van der Waals surface area contributed by atoms with Gasteiger partial charge in [0.05, 0.1) is 10.9 Å². The first-order valence-corrected chi connectivity index (χ1v) is 10.1. The van der Waals surface area contributed by atoms with E-state index in [0.717, 1.165) is 6.42 Å². The van der Waals surface area contributed by atoms with Gasteiger partial charge in [-0.3, -0.25) is 4.79 Å². The first-order chi connectivity index (χ1) is 14.0. The van der Waals surface area contributed by atoms with Crippen molar-refractivity contribution in [3.05, 3.63) is 45.9 Å². The molecule has 152 valence electrons. The molecule has 0 spiro atoms. The van der Waals surface area contributed by atoms with Crippen molar-refractivity contribution >= 4 is 33.7 Å². The molecule has 4 rings (SSSR count). The second-order valence-electron chi connectivity index (χ2n) is 7.83. The second kappa shape index (κ2) is 7.81. The van der Waals surface area contributed by atoms with Gasteiger partial charge < -0.3 is 15.0 Å². The largest absolute Gasteiger partial charge is 0.477 e. The Balaban J connectivity index is 1.77. The number of fused-ring (bicyclic) bond motifs is 2. The molecule has 1 aliphatic carbocycles. The smallest absolute Gasteiger partial charge is 0.343 e. The number of pyridine rings is 2. The minimum absolute atomic E-state index is 0.167. The highest BCUT2D eigenvalue weighted by Gasteiger charge is 2.22. The Morgan fingerprint density at radius 1 is 1.28 bits per heavy atom. The van der Waals surface area contributed by atoms with Crippen molar-refractivity contribution in [2.24, 2.45) is 13.0 Å². The van der Waals surface area contributed by atoms with Crippen LogP contribution in [0, 0.1) is 11.7 Å². The van der Waals surface area contributed by atoms with E-state index in [2.05, 4.69) is 10.3 Å². The van der Waals surface area contributed by atoms with Crippen LogP contribution in [0.2, 0.25) is 0 Å². The molecule has 7 heteroatoms. The second-order valence-corrected chi connectivity index (χ2v) is 7.83. The number of hydrogen-bond acceptors (Lipinski definition) is 4. The Labute approximate surface area is 167 Å². The van der Waals surface area contributed by atoms with Crippen molar-refractivity contribution in [1.29, 1.82) is 0 Å². The number of aromatic nitrogens is 2. The SMILES string of the molecule is Cn1c(NCCC2CCCCC2)c(C(=O)O)c(=O)c2cc3cc(F)ccc3nc21. The minimum Gasteiger partial charge on any atom is -0.477 e. The molecule has 0 radical (unpaired) electrons. The number of nitrogens with zero attached hydrogens (tertiary/aromatic N) is 2. The molecule has 6 nitrogen and oxygen atoms in total. The summed E-state index contributed by atoms with van der Waals surface area (Å²) in [5.74, 6) is -0.819. The van der Waals surface area contributed by atoms with Crippen molar-refractivity contribution in [2.75, 3.05) is 11.9 Å². The lowest BCUT2D eigenvalue weighted by Crippen LogP contribution is -2.24. The number of carboxylic acids is 1. The highest BCUT2D eigenvalue weighted by Crippen LogP contribution is 2.27. The number of aryl methyl sites for hydroxylation is 1. The van der Waals surface area contributed by atoms with Gasteiger partial charge in [-0.15, -0.1) is 0 Å². The van der Waals surface area contributed by atoms with Crippen LogP contribution >= 0.6 is 0 Å². The van der Waals surface area contributed by atoms with Crippen molar-refractivity contribution < 1.29 is 14.3 Å². The number of carboxylic acid groups (broad SMARTS) is 1. The number of carbonyl (C=O) groups is 1. The molecule has 2 N–H and O–H groups in total. The summed E-state index contributed by atoms with van der Waals surface area (Å²) in [6.07, 6.45) is 7.13. The molecule has 0 aliphatic heterocycles. The Kier molecular flexibility index (Phi) is 5.22. The molecule has 1 saturated carbocycles. The summed E-state index contributed by atoms with van der Waals surface area (Å²) in [5, 5.41) is 13.5. The summed E-state index contributed by atoms with van der Waals surface area (Å²) >= 11 is 0. The summed E-state index contributed by atoms with van der Waals surface area (Å²) in [6.45, 7) is 0.600. The highest BCUT2D eigenvalue weighted by atomic mass is 19.1. The zero-order chi connectivity index (χ0) is 20.5. The van der Waals surface area contributed by atoms with Gasteiger partial charge in [-0.05, 0) is 36.6 Å². The van der Waals surface area contributed by atoms with E-state index in [1.807, 2.05) is 0 Å². The maximum absolute atomic E-state index is 13.6. The van der Waals surface area contributed by atoms with Gasteiger partial charge in [0.15, 0.2) is 0 Å². The topological polar surface area (TPSA) is 84.2 Å². The summed E-state index contributed by atoms with van der Waals surface area (Å²) in [6, 6.07) is 5.67. The summed E-state index contributed by atoms with van der Waals surface area (Å²) in [5.41, 5.74) is 0.00929. The molecule has 1 aliphatic rings. The van der Waals surface area contributed by atoms with Crippen molar-refractivity contribution in [3.8, 4) is 0 Å². The van der Waals surface area contributed by atoms with Crippen LogP contribution in [0.3, 0.4) is 0 Å². The van der Waals surface area contributed by atoms with Crippen LogP contribution in [-0.4, -0.2) is 27.2 Å². The normalized spacial score (nSPS) is 15.1. The van der Waals surface area contributed by atoms with Crippen molar-refractivity contribution in [1.82, 2.24) is 9.55 Å². The summed E-state index contributed by atoms with van der Waals surface area (Å²) < 4.78 is 15.2. The number of aromatic carboxylic acids is 1. The van der Waals surface area contributed by atoms with Crippen molar-refractivity contribution in [2.45, 2.75) is 38.5 Å². The Bertz CT molecular complexity index is 1150. The minimum atomic E-state index is -1.29. The van der Waals surface area contributed by atoms with Gasteiger partial charge in [0.1, 0.15) is 22.8 Å². The molecule has 0 amide bonds.